The van der Waals surface area contributed by atoms with Crippen molar-refractivity contribution in [2.24, 2.45) is 5.73 Å². The molecule has 0 saturated carbocycles. The molecule has 32 heavy (non-hydrogen) atoms. The molecule has 167 valence electrons. The lowest BCUT2D eigenvalue weighted by molar-refractivity contribution is 0.321. The van der Waals surface area contributed by atoms with Crippen molar-refractivity contribution in [3.8, 4) is 0 Å². The van der Waals surface area contributed by atoms with E-state index >= 15 is 0 Å². The van der Waals surface area contributed by atoms with Gasteiger partial charge in [0.2, 0.25) is 0 Å². The summed E-state index contributed by atoms with van der Waals surface area (Å²) in [7, 11) is -1.36. The van der Waals surface area contributed by atoms with Gasteiger partial charge in [0.05, 0.1) is 6.61 Å². The quantitative estimate of drug-likeness (QED) is 0.505. The highest BCUT2D eigenvalue weighted by Gasteiger charge is 2.25. The van der Waals surface area contributed by atoms with Gasteiger partial charge in [-0.05, 0) is 70.0 Å². The normalized spacial score (nSPS) is 12.4. The molecular formula is C29H36NOSi. The number of allylic oxidation sites excluding steroid dienone is 1. The van der Waals surface area contributed by atoms with E-state index in [-0.39, 0.29) is 5.41 Å². The minimum Gasteiger partial charge on any atom is -0.403 e. The third kappa shape index (κ3) is 5.47. The fraction of sp³-hybridized carbons (Fsp3) is 0.310. The van der Waals surface area contributed by atoms with E-state index < -0.39 is 9.04 Å². The summed E-state index contributed by atoms with van der Waals surface area (Å²) >= 11 is 0. The van der Waals surface area contributed by atoms with Crippen LogP contribution < -0.4 is 16.1 Å². The van der Waals surface area contributed by atoms with Crippen molar-refractivity contribution in [1.82, 2.24) is 0 Å². The first kappa shape index (κ1) is 24.2. The van der Waals surface area contributed by atoms with Crippen molar-refractivity contribution in [3.05, 3.63) is 101 Å². The molecule has 0 aliphatic carbocycles. The van der Waals surface area contributed by atoms with Gasteiger partial charge in [-0.2, -0.15) is 0 Å². The molecule has 0 spiro atoms. The van der Waals surface area contributed by atoms with Crippen molar-refractivity contribution in [3.63, 3.8) is 0 Å². The molecule has 0 unspecified atom stereocenters. The smallest absolute Gasteiger partial charge is 0.283 e. The summed E-state index contributed by atoms with van der Waals surface area (Å²) < 4.78 is 6.75. The van der Waals surface area contributed by atoms with Gasteiger partial charge in [0.25, 0.3) is 9.04 Å². The standard InChI is InChI=1S/C29H36NOSi/c1-21(17-18-30)27-23(3)28(29(4,5)6)22(2)19-24(27)20-31-32(25-13-9-7-10-14-25)26-15-11-8-12-16-26/h7-17,19H,18,20,30H2,1-6H3. The van der Waals surface area contributed by atoms with E-state index in [0.717, 1.165) is 0 Å². The molecule has 2 N–H and O–H groups in total. The molecule has 2 nitrogen and oxygen atoms in total. The molecule has 1 radical (unpaired) electrons. The lowest BCUT2D eigenvalue weighted by Crippen LogP contribution is -2.44. The highest BCUT2D eigenvalue weighted by Crippen LogP contribution is 2.35. The highest BCUT2D eigenvalue weighted by molar-refractivity contribution is 6.80. The fourth-order valence-electron chi connectivity index (χ4n) is 4.83. The van der Waals surface area contributed by atoms with E-state index in [1.807, 2.05) is 0 Å². The first-order valence-electron chi connectivity index (χ1n) is 11.4. The Morgan fingerprint density at radius 1 is 0.938 bits per heavy atom. The molecule has 0 heterocycles. The Bertz CT molecular complexity index is 1030. The van der Waals surface area contributed by atoms with Crippen LogP contribution in [0.1, 0.15) is 55.5 Å². The molecule has 0 aromatic heterocycles. The second-order valence-electron chi connectivity index (χ2n) is 9.45. The lowest BCUT2D eigenvalue weighted by atomic mass is 9.77. The van der Waals surface area contributed by atoms with Crippen LogP contribution in [0.5, 0.6) is 0 Å². The van der Waals surface area contributed by atoms with E-state index in [4.69, 9.17) is 10.2 Å². The summed E-state index contributed by atoms with van der Waals surface area (Å²) in [6, 6.07) is 23.6. The van der Waals surface area contributed by atoms with E-state index in [0.29, 0.717) is 13.2 Å². The average molecular weight is 443 g/mol. The lowest BCUT2D eigenvalue weighted by Gasteiger charge is -2.28. The highest BCUT2D eigenvalue weighted by atomic mass is 28.3. The van der Waals surface area contributed by atoms with Crippen LogP contribution >= 0.6 is 0 Å². The van der Waals surface area contributed by atoms with Crippen LogP contribution in [0.25, 0.3) is 5.57 Å². The molecule has 3 aromatic rings. The van der Waals surface area contributed by atoms with Gasteiger partial charge in [0.1, 0.15) is 0 Å². The molecule has 0 aliphatic rings. The molecule has 0 atom stereocenters. The van der Waals surface area contributed by atoms with Crippen molar-refractivity contribution >= 4 is 25.0 Å². The minimum atomic E-state index is -1.36. The summed E-state index contributed by atoms with van der Waals surface area (Å²) in [5.41, 5.74) is 13.8. The number of hydrogen-bond acceptors (Lipinski definition) is 2. The summed E-state index contributed by atoms with van der Waals surface area (Å²) in [5, 5.41) is 2.53. The van der Waals surface area contributed by atoms with E-state index in [9.17, 15) is 0 Å². The van der Waals surface area contributed by atoms with Gasteiger partial charge < -0.3 is 10.2 Å². The Labute approximate surface area is 195 Å². The maximum atomic E-state index is 6.75. The first-order valence-corrected chi connectivity index (χ1v) is 12.8. The van der Waals surface area contributed by atoms with E-state index in [1.54, 1.807) is 0 Å². The molecule has 0 amide bonds. The molecule has 0 aliphatic heterocycles. The summed E-state index contributed by atoms with van der Waals surface area (Å²) in [5.74, 6) is 0. The van der Waals surface area contributed by atoms with Crippen LogP contribution in [0.3, 0.4) is 0 Å². The monoisotopic (exact) mass is 442 g/mol. The summed E-state index contributed by atoms with van der Waals surface area (Å²) in [4.78, 5) is 0. The van der Waals surface area contributed by atoms with Crippen LogP contribution in [0.15, 0.2) is 72.8 Å². The molecule has 0 bridgehead atoms. The molecule has 3 rings (SSSR count). The number of hydrogen-bond donors (Lipinski definition) is 1. The van der Waals surface area contributed by atoms with E-state index in [1.165, 1.54) is 43.8 Å². The van der Waals surface area contributed by atoms with Crippen molar-refractivity contribution in [2.45, 2.75) is 53.6 Å². The molecule has 0 fully saturated rings. The molecule has 3 aromatic carbocycles. The second-order valence-corrected chi connectivity index (χ2v) is 11.6. The van der Waals surface area contributed by atoms with Gasteiger partial charge in [-0.1, -0.05) is 93.6 Å². The Hall–Kier alpha value is -2.46. The minimum absolute atomic E-state index is 0.0777. The third-order valence-electron chi connectivity index (χ3n) is 5.87. The number of nitrogens with two attached hydrogens (primary N) is 1. The predicted octanol–water partition coefficient (Wildman–Crippen LogP) is 5.29. The summed E-state index contributed by atoms with van der Waals surface area (Å²) in [6.07, 6.45) is 2.12. The van der Waals surface area contributed by atoms with Crippen LogP contribution in [0, 0.1) is 13.8 Å². The van der Waals surface area contributed by atoms with Gasteiger partial charge in [0, 0.05) is 6.54 Å². The van der Waals surface area contributed by atoms with Crippen LogP contribution in [-0.2, 0) is 16.4 Å². The van der Waals surface area contributed by atoms with Crippen molar-refractivity contribution in [1.29, 1.82) is 0 Å². The maximum absolute atomic E-state index is 6.75. The zero-order chi connectivity index (χ0) is 23.3. The molecule has 0 saturated heterocycles. The van der Waals surface area contributed by atoms with Crippen molar-refractivity contribution < 1.29 is 4.43 Å². The number of aryl methyl sites for hydroxylation is 1. The fourth-order valence-corrected chi connectivity index (χ4v) is 6.78. The van der Waals surface area contributed by atoms with Gasteiger partial charge in [-0.25, -0.2) is 0 Å². The van der Waals surface area contributed by atoms with Crippen LogP contribution in [0.2, 0.25) is 0 Å². The maximum Gasteiger partial charge on any atom is 0.283 e. The first-order chi connectivity index (χ1) is 15.2. The SMILES string of the molecule is CC(=CCN)c1c(CO[Si](c2ccccc2)c2ccccc2)cc(C)c(C(C)(C)C)c1C. The topological polar surface area (TPSA) is 35.2 Å². The number of benzene rings is 3. The Kier molecular flexibility index (Phi) is 7.89. The predicted molar refractivity (Wildman–Crippen MR) is 140 cm³/mol. The Morgan fingerprint density at radius 2 is 1.47 bits per heavy atom. The molecule has 3 heteroatoms. The third-order valence-corrected chi connectivity index (χ3v) is 8.02. The average Bonchev–Trinajstić information content (AvgIpc) is 2.74. The van der Waals surface area contributed by atoms with Crippen LogP contribution in [0.4, 0.5) is 0 Å². The largest absolute Gasteiger partial charge is 0.403 e. The van der Waals surface area contributed by atoms with Gasteiger partial charge in [-0.3, -0.25) is 0 Å². The second kappa shape index (κ2) is 10.4. The van der Waals surface area contributed by atoms with Gasteiger partial charge in [0.15, 0.2) is 0 Å². The van der Waals surface area contributed by atoms with E-state index in [2.05, 4.69) is 114 Å². The number of rotatable bonds is 7. The van der Waals surface area contributed by atoms with Gasteiger partial charge >= 0.3 is 0 Å². The van der Waals surface area contributed by atoms with Crippen molar-refractivity contribution in [2.75, 3.05) is 6.54 Å². The zero-order valence-electron chi connectivity index (χ0n) is 20.3. The summed E-state index contributed by atoms with van der Waals surface area (Å²) in [6.45, 7) is 14.6. The van der Waals surface area contributed by atoms with Crippen LogP contribution in [-0.4, -0.2) is 15.6 Å². The zero-order valence-corrected chi connectivity index (χ0v) is 21.3. The Morgan fingerprint density at radius 3 is 1.94 bits per heavy atom. The Balaban J connectivity index is 2.06. The molecular weight excluding hydrogens is 406 g/mol. The van der Waals surface area contributed by atoms with Gasteiger partial charge in [-0.15, -0.1) is 0 Å².